The molecule has 16 heavy (non-hydrogen) atoms. The molecule has 1 saturated heterocycles. The van der Waals surface area contributed by atoms with Gasteiger partial charge in [-0.05, 0) is 43.5 Å². The Kier molecular flexibility index (Phi) is 3.17. The number of carbonyl (C=O) groups is 1. The monoisotopic (exact) mass is 238 g/mol. The summed E-state index contributed by atoms with van der Waals surface area (Å²) in [6.07, 6.45) is 2.45. The molecular weight excluding hydrogens is 224 g/mol. The van der Waals surface area contributed by atoms with Crippen molar-refractivity contribution >= 4 is 17.5 Å². The standard InChI is InChI=1S/C12H15ClN2O/c13-10-4-2-9(3-5-10)8-12(11(14)16)6-1-7-15-12/h2-5,15H,1,6-8H2,(H2,14,16). The van der Waals surface area contributed by atoms with E-state index < -0.39 is 5.54 Å². The van der Waals surface area contributed by atoms with Crippen molar-refractivity contribution in [2.45, 2.75) is 24.8 Å². The van der Waals surface area contributed by atoms with Crippen LogP contribution in [0.5, 0.6) is 0 Å². The maximum atomic E-state index is 11.5. The molecule has 4 heteroatoms. The molecule has 1 atom stereocenters. The smallest absolute Gasteiger partial charge is 0.238 e. The van der Waals surface area contributed by atoms with E-state index in [1.54, 1.807) is 0 Å². The molecule has 0 aromatic heterocycles. The first-order valence-corrected chi connectivity index (χ1v) is 5.80. The molecule has 1 unspecified atom stereocenters. The predicted molar refractivity (Wildman–Crippen MR) is 64.3 cm³/mol. The second-order valence-corrected chi connectivity index (χ2v) is 4.72. The largest absolute Gasteiger partial charge is 0.368 e. The molecule has 1 fully saturated rings. The zero-order valence-corrected chi connectivity index (χ0v) is 9.76. The van der Waals surface area contributed by atoms with E-state index in [0.717, 1.165) is 24.9 Å². The Bertz CT molecular complexity index is 383. The lowest BCUT2D eigenvalue weighted by molar-refractivity contribution is -0.123. The molecule has 3 N–H and O–H groups in total. The Hall–Kier alpha value is -1.06. The number of rotatable bonds is 3. The van der Waals surface area contributed by atoms with Crippen molar-refractivity contribution in [3.8, 4) is 0 Å². The van der Waals surface area contributed by atoms with Crippen LogP contribution >= 0.6 is 11.6 Å². The summed E-state index contributed by atoms with van der Waals surface area (Å²) in [5.74, 6) is -0.264. The highest BCUT2D eigenvalue weighted by molar-refractivity contribution is 6.30. The van der Waals surface area contributed by atoms with Crippen LogP contribution in [0.25, 0.3) is 0 Å². The Balaban J connectivity index is 2.18. The number of carbonyl (C=O) groups excluding carboxylic acids is 1. The fourth-order valence-electron chi connectivity index (χ4n) is 2.21. The first kappa shape index (κ1) is 11.4. The molecule has 3 nitrogen and oxygen atoms in total. The highest BCUT2D eigenvalue weighted by Crippen LogP contribution is 2.24. The molecule has 1 aromatic carbocycles. The number of hydrogen-bond acceptors (Lipinski definition) is 2. The van der Waals surface area contributed by atoms with E-state index in [2.05, 4.69) is 5.32 Å². The number of nitrogens with one attached hydrogen (secondary N) is 1. The van der Waals surface area contributed by atoms with Gasteiger partial charge in [0.05, 0.1) is 0 Å². The van der Waals surface area contributed by atoms with Gasteiger partial charge in [-0.2, -0.15) is 0 Å². The predicted octanol–water partition coefficient (Wildman–Crippen LogP) is 1.49. The SMILES string of the molecule is NC(=O)C1(Cc2ccc(Cl)cc2)CCCN1. The van der Waals surface area contributed by atoms with Gasteiger partial charge >= 0.3 is 0 Å². The van der Waals surface area contributed by atoms with Crippen LogP contribution in [0.1, 0.15) is 18.4 Å². The molecule has 0 bridgehead atoms. The molecule has 1 aliphatic rings. The van der Waals surface area contributed by atoms with Gasteiger partial charge in [0.2, 0.25) is 5.91 Å². The van der Waals surface area contributed by atoms with E-state index in [1.165, 1.54) is 0 Å². The van der Waals surface area contributed by atoms with E-state index in [9.17, 15) is 4.79 Å². The number of benzene rings is 1. The minimum Gasteiger partial charge on any atom is -0.368 e. The summed E-state index contributed by atoms with van der Waals surface area (Å²) >= 11 is 5.82. The third-order valence-electron chi connectivity index (χ3n) is 3.13. The summed E-state index contributed by atoms with van der Waals surface area (Å²) in [4.78, 5) is 11.5. The second kappa shape index (κ2) is 4.44. The summed E-state index contributed by atoms with van der Waals surface area (Å²) in [6.45, 7) is 0.858. The van der Waals surface area contributed by atoms with Gasteiger partial charge in [-0.3, -0.25) is 4.79 Å². The third-order valence-corrected chi connectivity index (χ3v) is 3.39. The summed E-state index contributed by atoms with van der Waals surface area (Å²) < 4.78 is 0. The number of nitrogens with two attached hydrogens (primary N) is 1. The van der Waals surface area contributed by atoms with Crippen molar-refractivity contribution < 1.29 is 4.79 Å². The Morgan fingerprint density at radius 2 is 2.12 bits per heavy atom. The van der Waals surface area contributed by atoms with Crippen LogP contribution in [0, 0.1) is 0 Å². The van der Waals surface area contributed by atoms with E-state index in [4.69, 9.17) is 17.3 Å². The van der Waals surface area contributed by atoms with Crippen LogP contribution in [0.3, 0.4) is 0 Å². The molecule has 0 spiro atoms. The van der Waals surface area contributed by atoms with Crippen LogP contribution < -0.4 is 11.1 Å². The molecule has 2 rings (SSSR count). The van der Waals surface area contributed by atoms with Crippen LogP contribution in [0.4, 0.5) is 0 Å². The summed E-state index contributed by atoms with van der Waals surface area (Å²) in [6, 6.07) is 7.54. The average Bonchev–Trinajstić information content (AvgIpc) is 2.71. The lowest BCUT2D eigenvalue weighted by Crippen LogP contribution is -2.53. The molecule has 1 heterocycles. The van der Waals surface area contributed by atoms with E-state index in [0.29, 0.717) is 11.4 Å². The number of hydrogen-bond donors (Lipinski definition) is 2. The lowest BCUT2D eigenvalue weighted by Gasteiger charge is -2.25. The Labute approximate surface area is 100.0 Å². The summed E-state index contributed by atoms with van der Waals surface area (Å²) in [5.41, 5.74) is 6.00. The van der Waals surface area contributed by atoms with Gasteiger partial charge in [0, 0.05) is 5.02 Å². The number of halogens is 1. The maximum Gasteiger partial charge on any atom is 0.238 e. The van der Waals surface area contributed by atoms with E-state index in [1.807, 2.05) is 24.3 Å². The minimum absolute atomic E-state index is 0.264. The van der Waals surface area contributed by atoms with Gasteiger partial charge in [-0.15, -0.1) is 0 Å². The van der Waals surface area contributed by atoms with E-state index >= 15 is 0 Å². The van der Waals surface area contributed by atoms with Gasteiger partial charge in [0.1, 0.15) is 5.54 Å². The maximum absolute atomic E-state index is 11.5. The van der Waals surface area contributed by atoms with Crippen molar-refractivity contribution in [1.82, 2.24) is 5.32 Å². The lowest BCUT2D eigenvalue weighted by atomic mass is 9.88. The normalized spacial score (nSPS) is 24.6. The third kappa shape index (κ3) is 2.20. The van der Waals surface area contributed by atoms with Crippen LogP contribution in [-0.2, 0) is 11.2 Å². The molecule has 1 aromatic rings. The first-order chi connectivity index (χ1) is 7.62. The molecule has 1 amide bonds. The van der Waals surface area contributed by atoms with Gasteiger partial charge < -0.3 is 11.1 Å². The number of primary amides is 1. The molecule has 0 aliphatic carbocycles. The fraction of sp³-hybridized carbons (Fsp3) is 0.417. The van der Waals surface area contributed by atoms with Crippen LogP contribution in [-0.4, -0.2) is 18.0 Å². The summed E-state index contributed by atoms with van der Waals surface area (Å²) in [5, 5.41) is 3.93. The highest BCUT2D eigenvalue weighted by atomic mass is 35.5. The van der Waals surface area contributed by atoms with Gasteiger partial charge in [-0.25, -0.2) is 0 Å². The molecule has 86 valence electrons. The van der Waals surface area contributed by atoms with Crippen molar-refractivity contribution in [3.05, 3.63) is 34.9 Å². The molecule has 0 radical (unpaired) electrons. The molecule has 0 saturated carbocycles. The molecular formula is C12H15ClN2O. The first-order valence-electron chi connectivity index (χ1n) is 5.42. The van der Waals surface area contributed by atoms with E-state index in [-0.39, 0.29) is 5.91 Å². The molecule has 1 aliphatic heterocycles. The minimum atomic E-state index is -0.562. The van der Waals surface area contributed by atoms with Gasteiger partial charge in [0.25, 0.3) is 0 Å². The highest BCUT2D eigenvalue weighted by Gasteiger charge is 2.39. The Morgan fingerprint density at radius 1 is 1.44 bits per heavy atom. The zero-order valence-electron chi connectivity index (χ0n) is 9.00. The Morgan fingerprint density at radius 3 is 2.62 bits per heavy atom. The fourth-order valence-corrected chi connectivity index (χ4v) is 2.33. The van der Waals surface area contributed by atoms with Crippen LogP contribution in [0.15, 0.2) is 24.3 Å². The van der Waals surface area contributed by atoms with Gasteiger partial charge in [0.15, 0.2) is 0 Å². The summed E-state index contributed by atoms with van der Waals surface area (Å²) in [7, 11) is 0. The topological polar surface area (TPSA) is 55.1 Å². The van der Waals surface area contributed by atoms with Crippen LogP contribution in [0.2, 0.25) is 5.02 Å². The number of amides is 1. The van der Waals surface area contributed by atoms with Crippen molar-refractivity contribution in [2.24, 2.45) is 5.73 Å². The average molecular weight is 239 g/mol. The van der Waals surface area contributed by atoms with Crippen molar-refractivity contribution in [1.29, 1.82) is 0 Å². The second-order valence-electron chi connectivity index (χ2n) is 4.28. The zero-order chi connectivity index (χ0) is 11.6. The van der Waals surface area contributed by atoms with Crippen molar-refractivity contribution in [2.75, 3.05) is 6.54 Å². The van der Waals surface area contributed by atoms with Crippen molar-refractivity contribution in [3.63, 3.8) is 0 Å². The quantitative estimate of drug-likeness (QED) is 0.838. The van der Waals surface area contributed by atoms with Gasteiger partial charge in [-0.1, -0.05) is 23.7 Å².